The molecule has 0 aliphatic carbocycles. The third-order valence-electron chi connectivity index (χ3n) is 4.17. The van der Waals surface area contributed by atoms with Crippen LogP contribution in [-0.2, 0) is 20.2 Å². The Kier molecular flexibility index (Phi) is 19.2. The van der Waals surface area contributed by atoms with E-state index < -0.39 is 20.2 Å². The van der Waals surface area contributed by atoms with E-state index in [4.69, 9.17) is 4.74 Å². The first-order valence-electron chi connectivity index (χ1n) is 9.31. The van der Waals surface area contributed by atoms with E-state index >= 15 is 0 Å². The number of hydrogen-bond donors (Lipinski definition) is 0. The van der Waals surface area contributed by atoms with Crippen molar-refractivity contribution >= 4 is 20.2 Å². The van der Waals surface area contributed by atoms with Gasteiger partial charge in [-0.3, -0.25) is 0 Å². The van der Waals surface area contributed by atoms with Crippen LogP contribution in [0.3, 0.4) is 0 Å². The molecule has 11 heteroatoms. The second kappa shape index (κ2) is 17.4. The smallest absolute Gasteiger partial charge is 0.748 e. The normalized spacial score (nSPS) is 11.4. The first-order chi connectivity index (χ1) is 12.7. The quantitative estimate of drug-likeness (QED) is 0.158. The molecule has 1 rings (SSSR count). The fourth-order valence-corrected chi connectivity index (χ4v) is 3.71. The van der Waals surface area contributed by atoms with Crippen molar-refractivity contribution in [3.63, 3.8) is 0 Å². The Balaban J connectivity index is 0. The van der Waals surface area contributed by atoms with E-state index in [1.165, 1.54) is 24.3 Å². The van der Waals surface area contributed by atoms with Gasteiger partial charge in [-0.15, -0.1) is 0 Å². The van der Waals surface area contributed by atoms with E-state index in [1.54, 1.807) is 0 Å². The summed E-state index contributed by atoms with van der Waals surface area (Å²) in [6.07, 6.45) is 9.77. The van der Waals surface area contributed by atoms with Crippen LogP contribution >= 0.6 is 0 Å². The third-order valence-corrected chi connectivity index (χ3v) is 5.81. The van der Waals surface area contributed by atoms with E-state index in [0.29, 0.717) is 18.8 Å². The van der Waals surface area contributed by atoms with E-state index in [-0.39, 0.29) is 69.8 Å². The minimum absolute atomic E-state index is 0. The molecule has 1 aromatic rings. The molecule has 0 unspecified atom stereocenters. The van der Waals surface area contributed by atoms with Crippen LogP contribution in [0.1, 0.15) is 64.2 Å². The first kappa shape index (κ1) is 32.0. The van der Waals surface area contributed by atoms with Gasteiger partial charge < -0.3 is 13.8 Å². The van der Waals surface area contributed by atoms with Gasteiger partial charge in [-0.1, -0.05) is 51.4 Å². The Morgan fingerprint density at radius 1 is 0.655 bits per heavy atom. The molecule has 0 heterocycles. The number of hydrogen-bond acceptors (Lipinski definition) is 7. The molecule has 29 heavy (non-hydrogen) atoms. The average molecular weight is 467 g/mol. The van der Waals surface area contributed by atoms with Crippen LogP contribution in [0.5, 0.6) is 5.75 Å². The minimum Gasteiger partial charge on any atom is -0.748 e. The molecular formula is C18H28Na2O7S2. The van der Waals surface area contributed by atoms with Crippen LogP contribution in [0.4, 0.5) is 0 Å². The van der Waals surface area contributed by atoms with Crippen molar-refractivity contribution in [2.24, 2.45) is 0 Å². The zero-order valence-corrected chi connectivity index (χ0v) is 23.1. The van der Waals surface area contributed by atoms with Gasteiger partial charge >= 0.3 is 59.1 Å². The minimum atomic E-state index is -4.41. The second-order valence-electron chi connectivity index (χ2n) is 6.57. The molecule has 0 saturated carbocycles. The molecule has 0 aliphatic rings. The summed E-state index contributed by atoms with van der Waals surface area (Å²) in [7, 11) is -8.47. The SMILES string of the molecule is O=S(=O)([O-])CCCCCCCCCCCCOc1ccc(S(=O)(=O)[O-])cc1.[Na+].[Na+]. The molecular weight excluding hydrogens is 438 g/mol. The number of rotatable bonds is 15. The average Bonchev–Trinajstić information content (AvgIpc) is 2.57. The molecule has 1 aromatic carbocycles. The van der Waals surface area contributed by atoms with Crippen LogP contribution in [-0.4, -0.2) is 38.3 Å². The fraction of sp³-hybridized carbons (Fsp3) is 0.667. The summed E-state index contributed by atoms with van der Waals surface area (Å²) in [5, 5.41) is 0. The largest absolute Gasteiger partial charge is 1.00 e. The Bertz CT molecular complexity index is 736. The summed E-state index contributed by atoms with van der Waals surface area (Å²) in [5.41, 5.74) is 0. The van der Waals surface area contributed by atoms with Gasteiger partial charge in [0.2, 0.25) is 0 Å². The molecule has 0 fully saturated rings. The van der Waals surface area contributed by atoms with Gasteiger partial charge in [0, 0.05) is 5.75 Å². The van der Waals surface area contributed by atoms with Gasteiger partial charge in [-0.25, -0.2) is 16.8 Å². The maximum Gasteiger partial charge on any atom is 1.00 e. The van der Waals surface area contributed by atoms with Gasteiger partial charge in [0.25, 0.3) is 0 Å². The maximum atomic E-state index is 10.8. The van der Waals surface area contributed by atoms with E-state index in [2.05, 4.69) is 0 Å². The predicted molar refractivity (Wildman–Crippen MR) is 101 cm³/mol. The van der Waals surface area contributed by atoms with Crippen LogP contribution in [0.2, 0.25) is 0 Å². The van der Waals surface area contributed by atoms with Gasteiger partial charge in [-0.05, 0) is 37.1 Å². The van der Waals surface area contributed by atoms with Crippen molar-refractivity contribution in [3.8, 4) is 5.75 Å². The number of unbranched alkanes of at least 4 members (excludes halogenated alkanes) is 9. The summed E-state index contributed by atoms with van der Waals surface area (Å²) >= 11 is 0. The van der Waals surface area contributed by atoms with Gasteiger partial charge in [0.05, 0.1) is 21.6 Å². The molecule has 0 N–H and O–H groups in total. The molecule has 7 nitrogen and oxygen atoms in total. The maximum absolute atomic E-state index is 10.8. The van der Waals surface area contributed by atoms with Crippen molar-refractivity contribution in [2.75, 3.05) is 12.4 Å². The van der Waals surface area contributed by atoms with Crippen LogP contribution in [0.15, 0.2) is 29.2 Å². The third kappa shape index (κ3) is 18.1. The van der Waals surface area contributed by atoms with E-state index in [9.17, 15) is 25.9 Å². The summed E-state index contributed by atoms with van der Waals surface area (Å²) in [5.74, 6) is 0.295. The molecule has 156 valence electrons. The van der Waals surface area contributed by atoms with Crippen molar-refractivity contribution in [3.05, 3.63) is 24.3 Å². The number of ether oxygens (including phenoxy) is 1. The standard InChI is InChI=1S/C18H30O7S2.2Na/c19-26(20,21)16-10-8-6-4-2-1-3-5-7-9-15-25-17-11-13-18(14-12-17)27(22,23)24;;/h11-14H,1-10,15-16H2,(H,19,20,21)(H,22,23,24);;/q;2*+1/p-2. The first-order valence-corrected chi connectivity index (χ1v) is 12.3. The molecule has 0 aromatic heterocycles. The van der Waals surface area contributed by atoms with Crippen LogP contribution < -0.4 is 63.9 Å². The summed E-state index contributed by atoms with van der Waals surface area (Å²) in [6.45, 7) is 0.548. The fourth-order valence-electron chi connectivity index (χ4n) is 2.69. The van der Waals surface area contributed by atoms with E-state index in [0.717, 1.165) is 57.8 Å². The summed E-state index contributed by atoms with van der Waals surface area (Å²) in [6, 6.07) is 5.46. The monoisotopic (exact) mass is 466 g/mol. The second-order valence-corrected chi connectivity index (χ2v) is 9.47. The van der Waals surface area contributed by atoms with Gasteiger partial charge in [0.1, 0.15) is 15.9 Å². The molecule has 0 aliphatic heterocycles. The zero-order valence-electron chi connectivity index (χ0n) is 17.5. The Morgan fingerprint density at radius 3 is 1.48 bits per heavy atom. The Hall–Kier alpha value is 0.840. The van der Waals surface area contributed by atoms with Crippen molar-refractivity contribution in [1.82, 2.24) is 0 Å². The zero-order chi connectivity index (χ0) is 20.2. The van der Waals surface area contributed by atoms with Crippen LogP contribution in [0, 0.1) is 0 Å². The summed E-state index contributed by atoms with van der Waals surface area (Å²) < 4.78 is 69.3. The molecule has 0 amide bonds. The Morgan fingerprint density at radius 2 is 1.07 bits per heavy atom. The molecule has 0 bridgehead atoms. The van der Waals surface area contributed by atoms with E-state index in [1.807, 2.05) is 0 Å². The van der Waals surface area contributed by atoms with Crippen molar-refractivity contribution in [2.45, 2.75) is 69.1 Å². The molecule has 0 spiro atoms. The van der Waals surface area contributed by atoms with Crippen molar-refractivity contribution in [1.29, 1.82) is 0 Å². The molecule has 0 radical (unpaired) electrons. The topological polar surface area (TPSA) is 124 Å². The summed E-state index contributed by atoms with van der Waals surface area (Å²) in [4.78, 5) is -0.259. The number of benzene rings is 1. The Labute approximate surface area is 219 Å². The molecule has 0 saturated heterocycles. The van der Waals surface area contributed by atoms with Gasteiger partial charge in [-0.2, -0.15) is 0 Å². The molecule has 0 atom stereocenters. The van der Waals surface area contributed by atoms with Gasteiger partial charge in [0.15, 0.2) is 0 Å². The predicted octanol–water partition coefficient (Wildman–Crippen LogP) is -2.58. The van der Waals surface area contributed by atoms with Crippen molar-refractivity contribution < 1.29 is 89.8 Å². The van der Waals surface area contributed by atoms with Crippen LogP contribution in [0.25, 0.3) is 0 Å².